The second-order valence-electron chi connectivity index (χ2n) is 4.46. The molecule has 21 heavy (non-hydrogen) atoms. The normalized spacial score (nSPS) is 17.6. The summed E-state index contributed by atoms with van der Waals surface area (Å²) in [5.74, 6) is 0.624. The molecule has 0 aliphatic heterocycles. The Morgan fingerprint density at radius 2 is 1.29 bits per heavy atom. The summed E-state index contributed by atoms with van der Waals surface area (Å²) in [4.78, 5) is 11.6. The zero-order valence-corrected chi connectivity index (χ0v) is 12.9. The van der Waals surface area contributed by atoms with Gasteiger partial charge in [-0.1, -0.05) is 17.7 Å². The zero-order chi connectivity index (χ0) is 14.2. The first kappa shape index (κ1) is 18.3. The molecule has 1 amide bonds. The second kappa shape index (κ2) is 10.0. The number of aryl methyl sites for hydroxylation is 1. The average Bonchev–Trinajstić information content (AvgIpc) is 3.17. The molecule has 3 rings (SSSR count). The fourth-order valence-corrected chi connectivity index (χ4v) is 1.69. The Labute approximate surface area is 139 Å². The van der Waals surface area contributed by atoms with E-state index in [2.05, 4.69) is 5.32 Å². The number of anilines is 1. The maximum Gasteiger partial charge on any atom is 2.00 e. The van der Waals surface area contributed by atoms with E-state index in [4.69, 9.17) is 0 Å². The van der Waals surface area contributed by atoms with Crippen LogP contribution in [0.5, 0.6) is 0 Å². The van der Waals surface area contributed by atoms with Crippen LogP contribution in [0.3, 0.4) is 0 Å². The SMILES string of the molecule is Cc1ccc(NC(=O)[C]2[CH][CH][CH][CH]2)cc1.[CH]1[CH][CH][CH][CH]1.[Fe+2]. The number of carbonyl (C=O) groups excluding carboxylic acids is 1. The summed E-state index contributed by atoms with van der Waals surface area (Å²) < 4.78 is 0. The van der Waals surface area contributed by atoms with Gasteiger partial charge in [0.25, 0.3) is 0 Å². The second-order valence-corrected chi connectivity index (χ2v) is 4.46. The number of hydrogen-bond donors (Lipinski definition) is 1. The molecule has 1 aromatic carbocycles. The topological polar surface area (TPSA) is 29.1 Å². The summed E-state index contributed by atoms with van der Waals surface area (Å²) in [6.07, 6.45) is 17.3. The van der Waals surface area contributed by atoms with E-state index in [1.165, 1.54) is 5.56 Å². The van der Waals surface area contributed by atoms with Crippen LogP contribution >= 0.6 is 0 Å². The quantitative estimate of drug-likeness (QED) is 0.832. The third-order valence-corrected chi connectivity index (χ3v) is 2.79. The Balaban J connectivity index is 0.000000313. The minimum atomic E-state index is -0.0659. The molecule has 2 nitrogen and oxygen atoms in total. The predicted octanol–water partition coefficient (Wildman–Crippen LogP) is 3.36. The molecule has 3 heteroatoms. The molecule has 0 bridgehead atoms. The summed E-state index contributed by atoms with van der Waals surface area (Å²) >= 11 is 0. The maximum atomic E-state index is 11.6. The number of amides is 1. The van der Waals surface area contributed by atoms with Gasteiger partial charge in [-0.3, -0.25) is 4.79 Å². The van der Waals surface area contributed by atoms with Gasteiger partial charge in [-0.25, -0.2) is 0 Å². The first-order chi connectivity index (χ1) is 9.75. The van der Waals surface area contributed by atoms with Gasteiger partial charge in [-0.2, -0.15) is 0 Å². The van der Waals surface area contributed by atoms with E-state index in [0.29, 0.717) is 5.92 Å². The van der Waals surface area contributed by atoms with Crippen LogP contribution in [0, 0.1) is 70.6 Å². The molecule has 1 N–H and O–H groups in total. The third kappa shape index (κ3) is 6.67. The zero-order valence-electron chi connectivity index (χ0n) is 11.8. The number of carbonyl (C=O) groups is 1. The standard InChI is InChI=1S/C13H12NO.C5H5.Fe/c1-10-6-8-12(9-7-10)14-13(15)11-4-2-3-5-11;1-2-4-5-3-1;/h2-9H,1H3,(H,14,15);1-5H;/q;;+2. The van der Waals surface area contributed by atoms with E-state index in [0.717, 1.165) is 5.69 Å². The van der Waals surface area contributed by atoms with Gasteiger partial charge in [0.1, 0.15) is 0 Å². The van der Waals surface area contributed by atoms with Crippen molar-refractivity contribution in [3.8, 4) is 0 Å². The van der Waals surface area contributed by atoms with Gasteiger partial charge < -0.3 is 5.32 Å². The van der Waals surface area contributed by atoms with Crippen molar-refractivity contribution in [1.82, 2.24) is 0 Å². The molecular weight excluding hydrogens is 302 g/mol. The first-order valence-corrected chi connectivity index (χ1v) is 6.52. The summed E-state index contributed by atoms with van der Waals surface area (Å²) in [5, 5.41) is 2.83. The van der Waals surface area contributed by atoms with Crippen molar-refractivity contribution in [1.29, 1.82) is 0 Å². The molecule has 1 aromatic rings. The molecule has 106 valence electrons. The maximum absolute atomic E-state index is 11.6. The van der Waals surface area contributed by atoms with Crippen molar-refractivity contribution in [2.45, 2.75) is 6.92 Å². The van der Waals surface area contributed by atoms with Gasteiger partial charge in [0.15, 0.2) is 0 Å². The molecule has 0 spiro atoms. The van der Waals surface area contributed by atoms with Crippen molar-refractivity contribution >= 4 is 11.6 Å². The summed E-state index contributed by atoms with van der Waals surface area (Å²) in [6.45, 7) is 2.02. The minimum Gasteiger partial charge on any atom is -0.326 e. The van der Waals surface area contributed by atoms with Crippen LogP contribution in [0.15, 0.2) is 24.3 Å². The molecule has 0 unspecified atom stereocenters. The molecule has 0 saturated heterocycles. The van der Waals surface area contributed by atoms with E-state index in [1.807, 2.05) is 76.1 Å². The molecule has 2 saturated carbocycles. The molecule has 2 aliphatic rings. The fraction of sp³-hybridized carbons (Fsp3) is 0.0556. The molecule has 0 aromatic heterocycles. The average molecular weight is 319 g/mol. The van der Waals surface area contributed by atoms with Crippen molar-refractivity contribution in [2.24, 2.45) is 0 Å². The van der Waals surface area contributed by atoms with E-state index >= 15 is 0 Å². The molecule has 0 atom stereocenters. The number of nitrogens with one attached hydrogen (secondary N) is 1. The minimum absolute atomic E-state index is 0. The van der Waals surface area contributed by atoms with Gasteiger partial charge in [0.2, 0.25) is 5.91 Å². The van der Waals surface area contributed by atoms with Crippen molar-refractivity contribution in [2.75, 3.05) is 5.32 Å². The summed E-state index contributed by atoms with van der Waals surface area (Å²) in [7, 11) is 0. The molecular formula is C18H17FeNO+2. The van der Waals surface area contributed by atoms with Gasteiger partial charge in [0.05, 0.1) is 5.92 Å². The first-order valence-electron chi connectivity index (χ1n) is 6.52. The van der Waals surface area contributed by atoms with E-state index in [-0.39, 0.29) is 23.0 Å². The van der Waals surface area contributed by atoms with Crippen molar-refractivity contribution in [3.63, 3.8) is 0 Å². The largest absolute Gasteiger partial charge is 2.00 e. The van der Waals surface area contributed by atoms with Crippen molar-refractivity contribution in [3.05, 3.63) is 93.5 Å². The number of benzene rings is 1. The van der Waals surface area contributed by atoms with E-state index < -0.39 is 0 Å². The van der Waals surface area contributed by atoms with Crippen LogP contribution in [-0.4, -0.2) is 5.91 Å². The van der Waals surface area contributed by atoms with Crippen LogP contribution in [0.2, 0.25) is 0 Å². The van der Waals surface area contributed by atoms with Gasteiger partial charge in [0, 0.05) is 5.69 Å². The van der Waals surface area contributed by atoms with Crippen LogP contribution in [0.25, 0.3) is 0 Å². The Morgan fingerprint density at radius 1 is 0.810 bits per heavy atom. The van der Waals surface area contributed by atoms with Gasteiger partial charge >= 0.3 is 17.1 Å². The van der Waals surface area contributed by atoms with Crippen LogP contribution < -0.4 is 5.32 Å². The Morgan fingerprint density at radius 3 is 1.76 bits per heavy atom. The van der Waals surface area contributed by atoms with Gasteiger partial charge in [-0.15, -0.1) is 0 Å². The summed E-state index contributed by atoms with van der Waals surface area (Å²) in [6, 6.07) is 7.74. The Kier molecular flexibility index (Phi) is 8.71. The van der Waals surface area contributed by atoms with Gasteiger partial charge in [-0.05, 0) is 76.8 Å². The fourth-order valence-electron chi connectivity index (χ4n) is 1.69. The monoisotopic (exact) mass is 319 g/mol. The number of hydrogen-bond acceptors (Lipinski definition) is 1. The third-order valence-electron chi connectivity index (χ3n) is 2.79. The Hall–Kier alpha value is -0.791. The van der Waals surface area contributed by atoms with Crippen molar-refractivity contribution < 1.29 is 21.9 Å². The molecule has 10 radical (unpaired) electrons. The van der Waals surface area contributed by atoms with Crippen LogP contribution in [0.1, 0.15) is 5.56 Å². The molecule has 0 heterocycles. The van der Waals surface area contributed by atoms with E-state index in [9.17, 15) is 4.79 Å². The number of rotatable bonds is 2. The Bertz CT molecular complexity index is 398. The summed E-state index contributed by atoms with van der Waals surface area (Å²) in [5.41, 5.74) is 2.01. The molecule has 2 fully saturated rings. The predicted molar refractivity (Wildman–Crippen MR) is 81.8 cm³/mol. The smallest absolute Gasteiger partial charge is 0.326 e. The van der Waals surface area contributed by atoms with Crippen LogP contribution in [-0.2, 0) is 21.9 Å². The van der Waals surface area contributed by atoms with Crippen LogP contribution in [0.4, 0.5) is 5.69 Å². The molecule has 2 aliphatic carbocycles. The van der Waals surface area contributed by atoms with E-state index in [1.54, 1.807) is 12.8 Å².